The van der Waals surface area contributed by atoms with Crippen LogP contribution in [0, 0.1) is 0 Å². The molecule has 7 nitrogen and oxygen atoms in total. The van der Waals surface area contributed by atoms with Crippen molar-refractivity contribution in [1.82, 2.24) is 14.8 Å². The third kappa shape index (κ3) is 3.92. The first-order valence-corrected chi connectivity index (χ1v) is 8.46. The predicted octanol–water partition coefficient (Wildman–Crippen LogP) is 3.34. The first-order chi connectivity index (χ1) is 13.0. The normalized spacial score (nSPS) is 10.5. The summed E-state index contributed by atoms with van der Waals surface area (Å²) in [6.45, 7) is 2.09. The Bertz CT molecular complexity index is 943. The Kier molecular flexibility index (Phi) is 5.40. The largest absolute Gasteiger partial charge is 0.497 e. The molecule has 0 unspecified atom stereocenters. The Hall–Kier alpha value is -3.35. The SMILES string of the molecule is CCOC(=O)c1ccnc(-c2nn(C)cc2-c2cc(OC)cc(OC)c2)c1. The molecule has 0 spiro atoms. The molecule has 0 radical (unpaired) electrons. The molecule has 140 valence electrons. The van der Waals surface area contributed by atoms with Crippen LogP contribution in [0.5, 0.6) is 11.5 Å². The van der Waals surface area contributed by atoms with E-state index in [4.69, 9.17) is 14.2 Å². The number of carbonyl (C=O) groups excluding carboxylic acids is 1. The molecule has 0 fully saturated rings. The first-order valence-electron chi connectivity index (χ1n) is 8.46. The molecule has 0 saturated carbocycles. The van der Waals surface area contributed by atoms with Crippen LogP contribution in [0.2, 0.25) is 0 Å². The monoisotopic (exact) mass is 367 g/mol. The summed E-state index contributed by atoms with van der Waals surface area (Å²) in [5, 5.41) is 4.54. The molecule has 0 aliphatic carbocycles. The van der Waals surface area contributed by atoms with Gasteiger partial charge in [0.1, 0.15) is 17.2 Å². The van der Waals surface area contributed by atoms with Crippen molar-refractivity contribution in [1.29, 1.82) is 0 Å². The van der Waals surface area contributed by atoms with E-state index < -0.39 is 0 Å². The molecule has 0 aliphatic heterocycles. The van der Waals surface area contributed by atoms with Gasteiger partial charge >= 0.3 is 5.97 Å². The fourth-order valence-corrected chi connectivity index (χ4v) is 2.75. The Morgan fingerprint density at radius 1 is 1.11 bits per heavy atom. The number of rotatable bonds is 6. The van der Waals surface area contributed by atoms with Crippen LogP contribution in [0.1, 0.15) is 17.3 Å². The number of benzene rings is 1. The maximum Gasteiger partial charge on any atom is 0.338 e. The summed E-state index contributed by atoms with van der Waals surface area (Å²) in [7, 11) is 5.04. The Morgan fingerprint density at radius 2 is 1.81 bits per heavy atom. The minimum absolute atomic E-state index is 0.314. The molecule has 2 heterocycles. The van der Waals surface area contributed by atoms with Crippen molar-refractivity contribution < 1.29 is 19.0 Å². The zero-order chi connectivity index (χ0) is 19.4. The number of ether oxygens (including phenoxy) is 3. The van der Waals surface area contributed by atoms with Gasteiger partial charge in [-0.25, -0.2) is 4.79 Å². The van der Waals surface area contributed by atoms with Crippen LogP contribution in [0.3, 0.4) is 0 Å². The molecule has 0 N–H and O–H groups in total. The highest BCUT2D eigenvalue weighted by Crippen LogP contribution is 2.35. The molecule has 2 aromatic heterocycles. The average molecular weight is 367 g/mol. The van der Waals surface area contributed by atoms with Crippen molar-refractivity contribution in [2.75, 3.05) is 20.8 Å². The molecule has 3 aromatic rings. The van der Waals surface area contributed by atoms with Gasteiger partial charge in [-0.05, 0) is 36.8 Å². The van der Waals surface area contributed by atoms with Gasteiger partial charge in [-0.15, -0.1) is 0 Å². The van der Waals surface area contributed by atoms with Gasteiger partial charge in [-0.2, -0.15) is 5.10 Å². The van der Waals surface area contributed by atoms with Crippen molar-refractivity contribution >= 4 is 5.97 Å². The van der Waals surface area contributed by atoms with Crippen LogP contribution in [-0.2, 0) is 11.8 Å². The fraction of sp³-hybridized carbons (Fsp3) is 0.250. The molecule has 7 heteroatoms. The van der Waals surface area contributed by atoms with E-state index in [1.54, 1.807) is 50.2 Å². The molecule has 3 rings (SSSR count). The highest BCUT2D eigenvalue weighted by atomic mass is 16.5. The van der Waals surface area contributed by atoms with Gasteiger partial charge in [0, 0.05) is 31.1 Å². The van der Waals surface area contributed by atoms with Crippen molar-refractivity contribution in [2.24, 2.45) is 7.05 Å². The van der Waals surface area contributed by atoms with E-state index in [0.717, 1.165) is 11.1 Å². The molecule has 0 bridgehead atoms. The lowest BCUT2D eigenvalue weighted by Crippen LogP contribution is -2.05. The summed E-state index contributed by atoms with van der Waals surface area (Å²) < 4.78 is 17.5. The van der Waals surface area contributed by atoms with Crippen LogP contribution in [0.25, 0.3) is 22.5 Å². The van der Waals surface area contributed by atoms with Gasteiger partial charge in [0.05, 0.1) is 32.1 Å². The van der Waals surface area contributed by atoms with Gasteiger partial charge in [-0.3, -0.25) is 9.67 Å². The van der Waals surface area contributed by atoms with E-state index >= 15 is 0 Å². The highest BCUT2D eigenvalue weighted by Gasteiger charge is 2.17. The number of esters is 1. The fourth-order valence-electron chi connectivity index (χ4n) is 2.75. The topological polar surface area (TPSA) is 75.5 Å². The maximum absolute atomic E-state index is 12.0. The summed E-state index contributed by atoms with van der Waals surface area (Å²) in [5.41, 5.74) is 3.39. The van der Waals surface area contributed by atoms with Crippen molar-refractivity contribution in [3.63, 3.8) is 0 Å². The van der Waals surface area contributed by atoms with Crippen molar-refractivity contribution in [3.05, 3.63) is 48.3 Å². The van der Waals surface area contributed by atoms with Crippen LogP contribution >= 0.6 is 0 Å². The molecule has 0 saturated heterocycles. The van der Waals surface area contributed by atoms with Crippen molar-refractivity contribution in [2.45, 2.75) is 6.92 Å². The number of hydrogen-bond acceptors (Lipinski definition) is 6. The van der Waals surface area contributed by atoms with E-state index in [-0.39, 0.29) is 5.97 Å². The smallest absolute Gasteiger partial charge is 0.338 e. The van der Waals surface area contributed by atoms with Gasteiger partial charge in [-0.1, -0.05) is 0 Å². The molecular weight excluding hydrogens is 346 g/mol. The third-order valence-electron chi connectivity index (χ3n) is 4.00. The van der Waals surface area contributed by atoms with E-state index in [2.05, 4.69) is 10.1 Å². The van der Waals surface area contributed by atoms with E-state index in [9.17, 15) is 4.79 Å². The molecule has 27 heavy (non-hydrogen) atoms. The number of pyridine rings is 1. The quantitative estimate of drug-likeness (QED) is 0.622. The number of aryl methyl sites for hydroxylation is 1. The predicted molar refractivity (Wildman–Crippen MR) is 101 cm³/mol. The van der Waals surface area contributed by atoms with E-state index in [1.807, 2.05) is 25.4 Å². The van der Waals surface area contributed by atoms with Crippen LogP contribution in [0.4, 0.5) is 0 Å². The van der Waals surface area contributed by atoms with Crippen molar-refractivity contribution in [3.8, 4) is 34.0 Å². The Labute approximate surface area is 157 Å². The van der Waals surface area contributed by atoms with Gasteiger partial charge in [0.2, 0.25) is 0 Å². The second kappa shape index (κ2) is 7.90. The Morgan fingerprint density at radius 3 is 2.44 bits per heavy atom. The van der Waals surface area contributed by atoms with Gasteiger partial charge in [0.25, 0.3) is 0 Å². The number of nitrogens with zero attached hydrogens (tertiary/aromatic N) is 3. The lowest BCUT2D eigenvalue weighted by atomic mass is 10.0. The van der Waals surface area contributed by atoms with E-state index in [1.165, 1.54) is 0 Å². The van der Waals surface area contributed by atoms with Gasteiger partial charge in [0.15, 0.2) is 0 Å². The lowest BCUT2D eigenvalue weighted by molar-refractivity contribution is 0.0526. The molecule has 0 amide bonds. The summed E-state index contributed by atoms with van der Waals surface area (Å²) >= 11 is 0. The van der Waals surface area contributed by atoms with Crippen LogP contribution in [0.15, 0.2) is 42.7 Å². The average Bonchev–Trinajstić information content (AvgIpc) is 3.09. The number of aromatic nitrogens is 3. The number of carbonyl (C=O) groups is 1. The molecule has 1 aromatic carbocycles. The summed E-state index contributed by atoms with van der Waals surface area (Å²) in [5.74, 6) is 0.960. The summed E-state index contributed by atoms with van der Waals surface area (Å²) in [4.78, 5) is 16.4. The van der Waals surface area contributed by atoms with E-state index in [0.29, 0.717) is 35.1 Å². The second-order valence-electron chi connectivity index (χ2n) is 5.82. The van der Waals surface area contributed by atoms with Crippen LogP contribution in [-0.4, -0.2) is 41.6 Å². The lowest BCUT2D eigenvalue weighted by Gasteiger charge is -2.09. The van der Waals surface area contributed by atoms with Crippen LogP contribution < -0.4 is 9.47 Å². The maximum atomic E-state index is 12.0. The van der Waals surface area contributed by atoms with Gasteiger partial charge < -0.3 is 14.2 Å². The number of methoxy groups -OCH3 is 2. The number of hydrogen-bond donors (Lipinski definition) is 0. The third-order valence-corrected chi connectivity index (χ3v) is 4.00. The zero-order valence-electron chi connectivity index (χ0n) is 15.7. The summed E-state index contributed by atoms with van der Waals surface area (Å²) in [6.07, 6.45) is 3.47. The zero-order valence-corrected chi connectivity index (χ0v) is 15.7. The summed E-state index contributed by atoms with van der Waals surface area (Å²) in [6, 6.07) is 8.91. The second-order valence-corrected chi connectivity index (χ2v) is 5.82. The minimum Gasteiger partial charge on any atom is -0.497 e. The standard InChI is InChI=1S/C20H21N3O4/c1-5-27-20(24)13-6-7-21-18(10-13)19-17(12-23(2)22-19)14-8-15(25-3)11-16(9-14)26-4/h6-12H,5H2,1-4H3. The molecule has 0 atom stereocenters. The highest BCUT2D eigenvalue weighted by molar-refractivity contribution is 5.91. The molecular formula is C20H21N3O4. The minimum atomic E-state index is -0.387. The first kappa shape index (κ1) is 18.4. The molecule has 0 aliphatic rings. The Balaban J connectivity index is 2.10.